The Kier molecular flexibility index (Phi) is 4.78. The topological polar surface area (TPSA) is 62.7 Å². The number of hydrogen-bond acceptors (Lipinski definition) is 4. The van der Waals surface area contributed by atoms with Crippen molar-refractivity contribution in [3.05, 3.63) is 23.9 Å². The summed E-state index contributed by atoms with van der Waals surface area (Å²) in [5, 5.41) is 0. The molecule has 3 fully saturated rings. The molecule has 1 saturated carbocycles. The molecule has 2 amide bonds. The molecule has 4 rings (SSSR count). The Balaban J connectivity index is 1.54. The van der Waals surface area contributed by atoms with E-state index < -0.39 is 17.3 Å². The quantitative estimate of drug-likeness (QED) is 0.680. The number of alkyl halides is 3. The SMILES string of the molecule is CC(C)(C)OC(=O)N1CC2CCC(C1)C21CC(=O)N(c2cc(C(F)(F)F)ccn2)C1. The number of ether oxygens (including phenoxy) is 1. The number of piperidine rings is 1. The van der Waals surface area contributed by atoms with E-state index in [1.807, 2.05) is 20.8 Å². The van der Waals surface area contributed by atoms with Crippen LogP contribution in [0.25, 0.3) is 0 Å². The van der Waals surface area contributed by atoms with E-state index in [9.17, 15) is 22.8 Å². The second-order valence-corrected chi connectivity index (χ2v) is 9.65. The summed E-state index contributed by atoms with van der Waals surface area (Å²) in [4.78, 5) is 32.5. The van der Waals surface area contributed by atoms with E-state index in [4.69, 9.17) is 4.74 Å². The first-order valence-corrected chi connectivity index (χ1v) is 10.2. The van der Waals surface area contributed by atoms with Crippen LogP contribution in [0.2, 0.25) is 0 Å². The smallest absolute Gasteiger partial charge is 0.416 e. The summed E-state index contributed by atoms with van der Waals surface area (Å²) in [6.07, 6.45) is -1.69. The molecule has 2 unspecified atom stereocenters. The minimum absolute atomic E-state index is 0.0423. The van der Waals surface area contributed by atoms with Gasteiger partial charge in [-0.2, -0.15) is 13.2 Å². The standard InChI is InChI=1S/C21H26F3N3O3/c1-19(2,3)30-18(29)26-10-14-4-5-15(11-26)20(14)9-17(28)27(12-20)16-8-13(6-7-25-16)21(22,23)24/h6-8,14-15H,4-5,9-12H2,1-3H3. The molecular formula is C21H26F3N3O3. The lowest BCUT2D eigenvalue weighted by atomic mass is 9.68. The molecule has 2 atom stereocenters. The van der Waals surface area contributed by atoms with E-state index in [0.717, 1.165) is 31.2 Å². The summed E-state index contributed by atoms with van der Waals surface area (Å²) < 4.78 is 44.8. The van der Waals surface area contributed by atoms with Gasteiger partial charge in [0.15, 0.2) is 0 Å². The summed E-state index contributed by atoms with van der Waals surface area (Å²) in [5.41, 5.74) is -1.73. The summed E-state index contributed by atoms with van der Waals surface area (Å²) in [6.45, 7) is 6.81. The fourth-order valence-corrected chi connectivity index (χ4v) is 5.25. The molecule has 1 aromatic heterocycles. The molecule has 0 aromatic carbocycles. The highest BCUT2D eigenvalue weighted by atomic mass is 19.4. The lowest BCUT2D eigenvalue weighted by Gasteiger charge is -2.45. The van der Waals surface area contributed by atoms with Crippen LogP contribution in [-0.2, 0) is 15.7 Å². The maximum absolute atomic E-state index is 13.1. The molecular weight excluding hydrogens is 399 g/mol. The molecule has 0 radical (unpaired) electrons. The van der Waals surface area contributed by atoms with Crippen LogP contribution < -0.4 is 4.90 Å². The van der Waals surface area contributed by atoms with E-state index in [1.165, 1.54) is 4.90 Å². The first kappa shape index (κ1) is 20.9. The van der Waals surface area contributed by atoms with Crippen molar-refractivity contribution in [2.45, 2.75) is 51.8 Å². The number of anilines is 1. The molecule has 0 N–H and O–H groups in total. The second kappa shape index (κ2) is 6.85. The summed E-state index contributed by atoms with van der Waals surface area (Å²) in [7, 11) is 0. The van der Waals surface area contributed by atoms with Gasteiger partial charge in [0.25, 0.3) is 0 Å². The number of rotatable bonds is 1. The predicted octanol–water partition coefficient (Wildman–Crippen LogP) is 4.10. The van der Waals surface area contributed by atoms with Gasteiger partial charge in [-0.25, -0.2) is 9.78 Å². The number of amides is 2. The number of carbonyl (C=O) groups is 2. The largest absolute Gasteiger partial charge is 0.444 e. The number of likely N-dealkylation sites (tertiary alicyclic amines) is 1. The Hall–Kier alpha value is -2.32. The van der Waals surface area contributed by atoms with Crippen molar-refractivity contribution < 1.29 is 27.5 Å². The highest BCUT2D eigenvalue weighted by Crippen LogP contribution is 2.57. The number of hydrogen-bond donors (Lipinski definition) is 0. The van der Waals surface area contributed by atoms with Gasteiger partial charge in [-0.3, -0.25) is 9.69 Å². The van der Waals surface area contributed by atoms with Gasteiger partial charge < -0.3 is 9.64 Å². The van der Waals surface area contributed by atoms with Crippen LogP contribution >= 0.6 is 0 Å². The average molecular weight is 425 g/mol. The van der Waals surface area contributed by atoms with Gasteiger partial charge in [-0.05, 0) is 57.6 Å². The summed E-state index contributed by atoms with van der Waals surface area (Å²) in [5.74, 6) is 0.0668. The Morgan fingerprint density at radius 3 is 2.40 bits per heavy atom. The number of nitrogens with zero attached hydrogens (tertiary/aromatic N) is 3. The van der Waals surface area contributed by atoms with Gasteiger partial charge in [0.05, 0.1) is 5.56 Å². The van der Waals surface area contributed by atoms with Crippen molar-refractivity contribution in [1.29, 1.82) is 0 Å². The lowest BCUT2D eigenvalue weighted by molar-refractivity contribution is -0.137. The first-order chi connectivity index (χ1) is 13.9. The van der Waals surface area contributed by atoms with E-state index in [1.54, 1.807) is 4.90 Å². The Morgan fingerprint density at radius 2 is 1.83 bits per heavy atom. The molecule has 1 aliphatic carbocycles. The van der Waals surface area contributed by atoms with Crippen LogP contribution in [-0.4, -0.2) is 47.1 Å². The van der Waals surface area contributed by atoms with Gasteiger partial charge in [-0.15, -0.1) is 0 Å². The van der Waals surface area contributed by atoms with Crippen molar-refractivity contribution >= 4 is 17.8 Å². The predicted molar refractivity (Wildman–Crippen MR) is 103 cm³/mol. The van der Waals surface area contributed by atoms with E-state index in [2.05, 4.69) is 4.98 Å². The Labute approximate surface area is 173 Å². The van der Waals surface area contributed by atoms with Crippen LogP contribution in [0.1, 0.15) is 45.6 Å². The molecule has 164 valence electrons. The van der Waals surface area contributed by atoms with Crippen molar-refractivity contribution in [3.8, 4) is 0 Å². The zero-order valence-corrected chi connectivity index (χ0v) is 17.3. The molecule has 6 nitrogen and oxygen atoms in total. The van der Waals surface area contributed by atoms with Crippen molar-refractivity contribution in [2.75, 3.05) is 24.5 Å². The van der Waals surface area contributed by atoms with Gasteiger partial charge in [0.2, 0.25) is 5.91 Å². The van der Waals surface area contributed by atoms with E-state index >= 15 is 0 Å². The second-order valence-electron chi connectivity index (χ2n) is 9.65. The first-order valence-electron chi connectivity index (χ1n) is 10.2. The third-order valence-electron chi connectivity index (χ3n) is 6.61. The molecule has 30 heavy (non-hydrogen) atoms. The minimum Gasteiger partial charge on any atom is -0.444 e. The Bertz CT molecular complexity index is 851. The van der Waals surface area contributed by atoms with Crippen LogP contribution in [0.4, 0.5) is 23.8 Å². The Morgan fingerprint density at radius 1 is 1.20 bits per heavy atom. The van der Waals surface area contributed by atoms with Crippen LogP contribution in [0.3, 0.4) is 0 Å². The molecule has 2 aliphatic heterocycles. The third-order valence-corrected chi connectivity index (χ3v) is 6.61. The fourth-order valence-electron chi connectivity index (χ4n) is 5.25. The zero-order chi connectivity index (χ0) is 21.9. The van der Waals surface area contributed by atoms with Gasteiger partial charge in [0.1, 0.15) is 11.4 Å². The van der Waals surface area contributed by atoms with E-state index in [0.29, 0.717) is 19.6 Å². The fraction of sp³-hybridized carbons (Fsp3) is 0.667. The summed E-state index contributed by atoms with van der Waals surface area (Å²) in [6, 6.07) is 1.84. The normalized spacial score (nSPS) is 29.1. The van der Waals surface area contributed by atoms with Gasteiger partial charge in [-0.1, -0.05) is 0 Å². The van der Waals surface area contributed by atoms with Crippen LogP contribution in [0.15, 0.2) is 18.3 Å². The molecule has 2 bridgehead atoms. The average Bonchev–Trinajstić information content (AvgIpc) is 3.02. The molecule has 3 aliphatic rings. The number of aromatic nitrogens is 1. The highest BCUT2D eigenvalue weighted by molar-refractivity contribution is 5.95. The highest BCUT2D eigenvalue weighted by Gasteiger charge is 2.60. The van der Waals surface area contributed by atoms with Crippen molar-refractivity contribution in [2.24, 2.45) is 17.3 Å². The number of pyridine rings is 1. The monoisotopic (exact) mass is 425 g/mol. The van der Waals surface area contributed by atoms with Crippen LogP contribution in [0.5, 0.6) is 0 Å². The lowest BCUT2D eigenvalue weighted by Crippen LogP contribution is -2.53. The van der Waals surface area contributed by atoms with Crippen molar-refractivity contribution in [3.63, 3.8) is 0 Å². The number of carbonyl (C=O) groups excluding carboxylic acids is 2. The number of halogens is 3. The van der Waals surface area contributed by atoms with Crippen LogP contribution in [0, 0.1) is 17.3 Å². The van der Waals surface area contributed by atoms with Gasteiger partial charge >= 0.3 is 12.3 Å². The molecule has 1 spiro atoms. The zero-order valence-electron chi connectivity index (χ0n) is 17.3. The minimum atomic E-state index is -4.49. The van der Waals surface area contributed by atoms with E-state index in [-0.39, 0.29) is 41.5 Å². The molecule has 2 saturated heterocycles. The summed E-state index contributed by atoms with van der Waals surface area (Å²) >= 11 is 0. The van der Waals surface area contributed by atoms with Crippen molar-refractivity contribution in [1.82, 2.24) is 9.88 Å². The third kappa shape index (κ3) is 3.63. The molecule has 3 heterocycles. The maximum atomic E-state index is 13.1. The van der Waals surface area contributed by atoms with Gasteiger partial charge in [0, 0.05) is 37.7 Å². The molecule has 9 heteroatoms. The maximum Gasteiger partial charge on any atom is 0.416 e. The molecule has 1 aromatic rings.